The zero-order valence-electron chi connectivity index (χ0n) is 9.93. The number of hydrogen-bond acceptors (Lipinski definition) is 3. The summed E-state index contributed by atoms with van der Waals surface area (Å²) in [6, 6.07) is 4.39. The number of ketones is 1. The van der Waals surface area contributed by atoms with E-state index in [9.17, 15) is 4.79 Å². The van der Waals surface area contributed by atoms with E-state index in [1.807, 2.05) is 0 Å². The quantitative estimate of drug-likeness (QED) is 0.465. The number of ether oxygens (including phenoxy) is 2. The van der Waals surface area contributed by atoms with Crippen molar-refractivity contribution in [1.82, 2.24) is 0 Å². The minimum atomic E-state index is -2.09. The standard InChI is InChI=1S/C11H8BrCl5O3/c1-19-9-4-6(2-3-7(9)8(18)5-12)20-11(16,17)10(13,14)15/h2-4H,5H2,1H3. The molecule has 1 aromatic carbocycles. The fourth-order valence-corrected chi connectivity index (χ4v) is 1.84. The van der Waals surface area contributed by atoms with Crippen LogP contribution in [0.5, 0.6) is 11.5 Å². The lowest BCUT2D eigenvalue weighted by atomic mass is 10.1. The highest BCUT2D eigenvalue weighted by Gasteiger charge is 2.48. The molecule has 112 valence electrons. The average Bonchev–Trinajstić information content (AvgIpc) is 2.35. The summed E-state index contributed by atoms with van der Waals surface area (Å²) >= 11 is 31.5. The molecule has 0 bridgehead atoms. The Balaban J connectivity index is 3.09. The molecule has 3 nitrogen and oxygen atoms in total. The van der Waals surface area contributed by atoms with Gasteiger partial charge in [-0.2, -0.15) is 0 Å². The Bertz CT molecular complexity index is 501. The fraction of sp³-hybridized carbons (Fsp3) is 0.364. The summed E-state index contributed by atoms with van der Waals surface area (Å²) in [4.78, 5) is 11.7. The lowest BCUT2D eigenvalue weighted by Gasteiger charge is -2.28. The molecule has 9 heteroatoms. The SMILES string of the molecule is COc1cc(OC(Cl)(Cl)C(Cl)(Cl)Cl)ccc1C(=O)CBr. The van der Waals surface area contributed by atoms with Crippen LogP contribution >= 0.6 is 73.9 Å². The normalized spacial score (nSPS) is 12.2. The van der Waals surface area contributed by atoms with Gasteiger partial charge < -0.3 is 9.47 Å². The summed E-state index contributed by atoms with van der Waals surface area (Å²) < 4.78 is 6.16. The summed E-state index contributed by atoms with van der Waals surface area (Å²) in [5, 5.41) is 0.159. The third-order valence-corrected chi connectivity index (χ3v) is 4.78. The van der Waals surface area contributed by atoms with E-state index in [2.05, 4.69) is 15.9 Å². The number of alkyl halides is 6. The van der Waals surface area contributed by atoms with Gasteiger partial charge in [0.25, 0.3) is 3.79 Å². The zero-order valence-corrected chi connectivity index (χ0v) is 15.3. The van der Waals surface area contributed by atoms with E-state index in [-0.39, 0.29) is 16.9 Å². The minimum absolute atomic E-state index is 0.155. The van der Waals surface area contributed by atoms with E-state index in [1.165, 1.54) is 25.3 Å². The van der Waals surface area contributed by atoms with Gasteiger partial charge in [-0.15, -0.1) is 0 Å². The fourth-order valence-electron chi connectivity index (χ4n) is 1.24. The van der Waals surface area contributed by atoms with Crippen LogP contribution < -0.4 is 9.47 Å². The second kappa shape index (κ2) is 7.12. The second-order valence-corrected chi connectivity index (χ2v) is 7.64. The van der Waals surface area contributed by atoms with E-state index in [0.29, 0.717) is 11.3 Å². The van der Waals surface area contributed by atoms with Gasteiger partial charge in [0.15, 0.2) is 5.78 Å². The topological polar surface area (TPSA) is 35.5 Å². The molecular weight excluding hydrogens is 437 g/mol. The van der Waals surface area contributed by atoms with E-state index < -0.39 is 8.31 Å². The van der Waals surface area contributed by atoms with E-state index in [1.54, 1.807) is 0 Å². The molecule has 20 heavy (non-hydrogen) atoms. The van der Waals surface area contributed by atoms with Crippen LogP contribution in [0, 0.1) is 0 Å². The molecule has 0 aliphatic carbocycles. The second-order valence-electron chi connectivity index (χ2n) is 3.54. The highest BCUT2D eigenvalue weighted by molar-refractivity contribution is 9.09. The number of halogens is 6. The molecule has 0 aromatic heterocycles. The van der Waals surface area contributed by atoms with Gasteiger partial charge in [-0.1, -0.05) is 73.9 Å². The molecule has 0 unspecified atom stereocenters. The van der Waals surface area contributed by atoms with Crippen LogP contribution in [0.15, 0.2) is 18.2 Å². The number of Topliss-reactive ketones (excluding diaryl/α,β-unsaturated/α-hetero) is 1. The van der Waals surface area contributed by atoms with Crippen molar-refractivity contribution in [3.8, 4) is 11.5 Å². The van der Waals surface area contributed by atoms with Crippen molar-refractivity contribution in [2.24, 2.45) is 0 Å². The first-order chi connectivity index (χ1) is 9.12. The molecule has 0 radical (unpaired) electrons. The van der Waals surface area contributed by atoms with Crippen molar-refractivity contribution in [3.63, 3.8) is 0 Å². The Labute approximate surface area is 149 Å². The predicted octanol–water partition coefficient (Wildman–Crippen LogP) is 5.15. The molecule has 0 amide bonds. The first kappa shape index (κ1) is 18.5. The average molecular weight is 445 g/mol. The molecule has 1 aromatic rings. The summed E-state index contributed by atoms with van der Waals surface area (Å²) in [7, 11) is 1.41. The lowest BCUT2D eigenvalue weighted by molar-refractivity contribution is 0.102. The van der Waals surface area contributed by atoms with Crippen LogP contribution in [0.4, 0.5) is 0 Å². The molecule has 0 aliphatic rings. The van der Waals surface area contributed by atoms with Crippen molar-refractivity contribution in [1.29, 1.82) is 0 Å². The van der Waals surface area contributed by atoms with Gasteiger partial charge >= 0.3 is 4.52 Å². The van der Waals surface area contributed by atoms with Crippen molar-refractivity contribution in [2.45, 2.75) is 8.31 Å². The number of methoxy groups -OCH3 is 1. The maximum atomic E-state index is 11.7. The Morgan fingerprint density at radius 2 is 1.85 bits per heavy atom. The van der Waals surface area contributed by atoms with Gasteiger partial charge in [-0.3, -0.25) is 4.79 Å². The predicted molar refractivity (Wildman–Crippen MR) is 86.5 cm³/mol. The van der Waals surface area contributed by atoms with Crippen molar-refractivity contribution in [3.05, 3.63) is 23.8 Å². The Hall–Kier alpha value is 0.420. The highest BCUT2D eigenvalue weighted by atomic mass is 79.9. The summed E-state index contributed by atoms with van der Waals surface area (Å²) in [5.41, 5.74) is 0.375. The largest absolute Gasteiger partial charge is 0.496 e. The van der Waals surface area contributed by atoms with Gasteiger partial charge in [0.1, 0.15) is 11.5 Å². The smallest absolute Gasteiger partial charge is 0.305 e. The van der Waals surface area contributed by atoms with Gasteiger partial charge in [0, 0.05) is 6.07 Å². The van der Waals surface area contributed by atoms with Crippen LogP contribution in [0.3, 0.4) is 0 Å². The molecule has 0 spiro atoms. The first-order valence-corrected chi connectivity index (χ1v) is 8.04. The summed E-state index contributed by atoms with van der Waals surface area (Å²) in [5.74, 6) is 0.322. The van der Waals surface area contributed by atoms with Gasteiger partial charge in [0.05, 0.1) is 18.0 Å². The number of benzene rings is 1. The molecule has 1 rings (SSSR count). The highest BCUT2D eigenvalue weighted by Crippen LogP contribution is 2.47. The number of carbonyl (C=O) groups excluding carboxylic acids is 1. The monoisotopic (exact) mass is 442 g/mol. The molecule has 0 fully saturated rings. The van der Waals surface area contributed by atoms with Crippen LogP contribution in [0.1, 0.15) is 10.4 Å². The third-order valence-electron chi connectivity index (χ3n) is 2.17. The van der Waals surface area contributed by atoms with E-state index in [0.717, 1.165) is 0 Å². The van der Waals surface area contributed by atoms with Gasteiger partial charge in [0.2, 0.25) is 0 Å². The molecule has 0 saturated carbocycles. The Morgan fingerprint density at radius 1 is 1.25 bits per heavy atom. The van der Waals surface area contributed by atoms with Crippen LogP contribution in [0.2, 0.25) is 0 Å². The van der Waals surface area contributed by atoms with Crippen LogP contribution in [-0.2, 0) is 0 Å². The van der Waals surface area contributed by atoms with Gasteiger partial charge in [-0.25, -0.2) is 0 Å². The van der Waals surface area contributed by atoms with Gasteiger partial charge in [-0.05, 0) is 12.1 Å². The van der Waals surface area contributed by atoms with Crippen LogP contribution in [0.25, 0.3) is 0 Å². The molecular formula is C11H8BrCl5O3. The number of rotatable bonds is 5. The Kier molecular flexibility index (Phi) is 6.58. The molecule has 0 heterocycles. The van der Waals surface area contributed by atoms with E-state index in [4.69, 9.17) is 67.5 Å². The number of carbonyl (C=O) groups is 1. The molecule has 0 atom stereocenters. The minimum Gasteiger partial charge on any atom is -0.496 e. The van der Waals surface area contributed by atoms with Crippen molar-refractivity contribution >= 4 is 79.7 Å². The maximum Gasteiger partial charge on any atom is 0.305 e. The third kappa shape index (κ3) is 4.46. The van der Waals surface area contributed by atoms with Crippen molar-refractivity contribution in [2.75, 3.05) is 12.4 Å². The lowest BCUT2D eigenvalue weighted by Crippen LogP contribution is -2.37. The van der Waals surface area contributed by atoms with E-state index >= 15 is 0 Å². The summed E-state index contributed by atoms with van der Waals surface area (Å²) in [6.07, 6.45) is 0. The van der Waals surface area contributed by atoms with Crippen LogP contribution in [-0.4, -0.2) is 26.5 Å². The molecule has 0 saturated heterocycles. The summed E-state index contributed by atoms with van der Waals surface area (Å²) in [6.45, 7) is 0. The molecule has 0 N–H and O–H groups in total. The Morgan fingerprint density at radius 3 is 2.30 bits per heavy atom. The number of hydrogen-bond donors (Lipinski definition) is 0. The first-order valence-electron chi connectivity index (χ1n) is 5.03. The zero-order chi connectivity index (χ0) is 15.6. The molecule has 0 aliphatic heterocycles. The maximum absolute atomic E-state index is 11.7. The van der Waals surface area contributed by atoms with Crippen molar-refractivity contribution < 1.29 is 14.3 Å².